The normalized spacial score (nSPS) is 11.3. The average Bonchev–Trinajstić information content (AvgIpc) is 4.07. The number of nitrogens with one attached hydrogen (secondary N) is 3. The van der Waals surface area contributed by atoms with Crippen LogP contribution in [-0.2, 0) is 17.6 Å². The third-order valence-electron chi connectivity index (χ3n) is 10.6. The maximum absolute atomic E-state index is 12.4. The minimum absolute atomic E-state index is 0.00511. The number of nitrogens with zero attached hydrogens (tertiary/aromatic N) is 18. The summed E-state index contributed by atoms with van der Waals surface area (Å²) in [6, 6.07) is 13.4. The predicted octanol–water partition coefficient (Wildman–Crippen LogP) is 4.19. The first-order chi connectivity index (χ1) is 35.4. The van der Waals surface area contributed by atoms with E-state index in [1.54, 1.807) is 13.8 Å². The molecule has 31 nitrogen and oxygen atoms in total. The molecular formula is C43H37N23O8. The number of rotatable bonds is 18. The Kier molecular flexibility index (Phi) is 13.6. The van der Waals surface area contributed by atoms with E-state index in [1.165, 1.54) is 64.8 Å². The maximum atomic E-state index is 12.4. The molecule has 6 aromatic heterocycles. The van der Waals surface area contributed by atoms with Crippen molar-refractivity contribution >= 4 is 64.2 Å². The van der Waals surface area contributed by atoms with E-state index in [-0.39, 0.29) is 136 Å². The number of nitriles is 1. The molecule has 74 heavy (non-hydrogen) atoms. The predicted molar refractivity (Wildman–Crippen MR) is 256 cm³/mol. The minimum atomic E-state index is -1.18. The fourth-order valence-corrected chi connectivity index (χ4v) is 7.16. The molecule has 8 rings (SSSR count). The van der Waals surface area contributed by atoms with E-state index < -0.39 is 29.3 Å². The smallest absolute Gasteiger partial charge is 0.351 e. The quantitative estimate of drug-likeness (QED) is 0.0441. The van der Waals surface area contributed by atoms with Crippen molar-refractivity contribution in [3.8, 4) is 29.3 Å². The molecule has 0 amide bonds. The van der Waals surface area contributed by atoms with Crippen LogP contribution in [0.2, 0.25) is 0 Å². The van der Waals surface area contributed by atoms with Gasteiger partial charge in [-0.1, -0.05) is 0 Å². The van der Waals surface area contributed by atoms with E-state index in [4.69, 9.17) is 33.3 Å². The van der Waals surface area contributed by atoms with Gasteiger partial charge in [0.1, 0.15) is 17.5 Å². The van der Waals surface area contributed by atoms with Gasteiger partial charge in [-0.3, -0.25) is 14.8 Å². The molecule has 0 spiro atoms. The van der Waals surface area contributed by atoms with Gasteiger partial charge in [0.25, 0.3) is 17.6 Å². The molecule has 6 heterocycles. The van der Waals surface area contributed by atoms with Crippen LogP contribution in [0.25, 0.3) is 28.1 Å². The molecule has 8 aromatic rings. The Hall–Kier alpha value is -11.1. The Morgan fingerprint density at radius 1 is 0.703 bits per heavy atom. The molecule has 0 fully saturated rings. The zero-order valence-corrected chi connectivity index (χ0v) is 38.7. The lowest BCUT2D eigenvalue weighted by atomic mass is 10.1. The number of aromatic nitrogens is 14. The standard InChI is InChI=1S/C43H37N23O8/c1-19-30(33(45)65(59-19)40-49-21(3)50-42(73)53-40)55-57-35-26(18-44)27(61-63(35)24-12-8-22(9-13-24)37(69)70)6-5-7-28-32(47-4)36(64(62-28)25-14-10-23(11-15-25)38(71)72)58-56-31-20(2)60-66(34(31)46)41-51-39(52-43(74)54-41)48-17-16-29(67)68/h8-15H,5-7,16-17,45-46H2,1-3H3,(H,67,68)(H,69,70)(H,71,72)(H,49,50,53,73)(H2,48,51,52,54,74). The lowest BCUT2D eigenvalue weighted by molar-refractivity contribution is -0.136. The Labute approximate surface area is 413 Å². The van der Waals surface area contributed by atoms with Crippen LogP contribution >= 0.6 is 0 Å². The number of anilines is 3. The molecule has 10 N–H and O–H groups in total. The highest BCUT2D eigenvalue weighted by atomic mass is 16.4. The van der Waals surface area contributed by atoms with E-state index in [0.717, 1.165) is 9.36 Å². The molecule has 0 unspecified atom stereocenters. The van der Waals surface area contributed by atoms with Gasteiger partial charge in [-0.2, -0.15) is 55.0 Å². The molecule has 0 atom stereocenters. The number of carboxylic acids is 3. The first kappa shape index (κ1) is 49.3. The monoisotopic (exact) mass is 1000 g/mol. The molecule has 372 valence electrons. The van der Waals surface area contributed by atoms with Crippen molar-refractivity contribution in [1.29, 1.82) is 5.26 Å². The summed E-state index contributed by atoms with van der Waals surface area (Å²) in [6.07, 6.45) is 0.119. The summed E-state index contributed by atoms with van der Waals surface area (Å²) in [4.78, 5) is 83.5. The number of nitrogens with two attached hydrogens (primary N) is 2. The average molecular weight is 1000 g/mol. The number of carbonyl (C=O) groups is 3. The summed E-state index contributed by atoms with van der Waals surface area (Å²) in [5.74, 6) is -4.08. The van der Waals surface area contributed by atoms with Gasteiger partial charge < -0.3 is 32.1 Å². The van der Waals surface area contributed by atoms with Crippen LogP contribution in [0.5, 0.6) is 0 Å². The molecule has 0 aliphatic carbocycles. The van der Waals surface area contributed by atoms with Crippen LogP contribution in [0.1, 0.15) is 67.7 Å². The van der Waals surface area contributed by atoms with Gasteiger partial charge in [-0.15, -0.1) is 20.5 Å². The summed E-state index contributed by atoms with van der Waals surface area (Å²) in [5.41, 5.74) is 12.8. The van der Waals surface area contributed by atoms with Crippen LogP contribution in [0.3, 0.4) is 0 Å². The third kappa shape index (κ3) is 10.1. The van der Waals surface area contributed by atoms with Crippen LogP contribution in [0.4, 0.5) is 46.3 Å². The number of H-pyrrole nitrogens is 2. The Balaban J connectivity index is 1.14. The molecular weight excluding hydrogens is 967 g/mol. The van der Waals surface area contributed by atoms with E-state index in [9.17, 15) is 39.4 Å². The Bertz CT molecular complexity index is 3810. The fourth-order valence-electron chi connectivity index (χ4n) is 7.16. The summed E-state index contributed by atoms with van der Waals surface area (Å²) in [5, 5.41) is 76.9. The van der Waals surface area contributed by atoms with Gasteiger partial charge in [0.15, 0.2) is 34.6 Å². The highest BCUT2D eigenvalue weighted by molar-refractivity contribution is 5.88. The number of azo groups is 2. The molecule has 0 bridgehead atoms. The van der Waals surface area contributed by atoms with Gasteiger partial charge in [-0.25, -0.2) is 33.4 Å². The number of aliphatic carboxylic acids is 1. The number of benzene rings is 2. The second kappa shape index (κ2) is 20.5. The zero-order chi connectivity index (χ0) is 53.0. The van der Waals surface area contributed by atoms with Crippen molar-refractivity contribution in [2.45, 2.75) is 46.5 Å². The van der Waals surface area contributed by atoms with Crippen molar-refractivity contribution in [1.82, 2.24) is 69.0 Å². The van der Waals surface area contributed by atoms with Crippen LogP contribution in [0.15, 0.2) is 78.6 Å². The lowest BCUT2D eigenvalue weighted by Crippen LogP contribution is -2.21. The second-order valence-electron chi connectivity index (χ2n) is 15.6. The van der Waals surface area contributed by atoms with Crippen molar-refractivity contribution in [3.63, 3.8) is 0 Å². The minimum Gasteiger partial charge on any atom is -0.481 e. The van der Waals surface area contributed by atoms with Crippen molar-refractivity contribution < 1.29 is 29.7 Å². The van der Waals surface area contributed by atoms with Gasteiger partial charge in [0, 0.05) is 6.54 Å². The van der Waals surface area contributed by atoms with Crippen LogP contribution < -0.4 is 28.2 Å². The topological polar surface area (TPSA) is 442 Å². The molecule has 0 aliphatic rings. The number of hydrogen-bond donors (Lipinski definition) is 8. The lowest BCUT2D eigenvalue weighted by Gasteiger charge is -2.06. The number of carboxylic acid groups (broad SMARTS) is 3. The number of aromatic amines is 2. The molecule has 31 heteroatoms. The van der Waals surface area contributed by atoms with Gasteiger partial charge in [0.2, 0.25) is 5.95 Å². The van der Waals surface area contributed by atoms with Crippen molar-refractivity contribution in [3.05, 3.63) is 126 Å². The van der Waals surface area contributed by atoms with E-state index in [1.807, 2.05) is 0 Å². The first-order valence-corrected chi connectivity index (χ1v) is 21.6. The van der Waals surface area contributed by atoms with Crippen molar-refractivity contribution in [2.75, 3.05) is 23.3 Å². The SMILES string of the molecule is [C-]#[N+]c1c(CCCc2nn(-c3ccc(C(=O)O)cc3)c(N=Nc3c(C)nn(-c4nc(C)[nH]c(=O)n4)c3N)c2C#N)nn(-c2ccc(C(=O)O)cc2)c1N=Nc1c(C)nn(-c2nc(NCCC(=O)O)[nH]c(=O)n2)c1N. The number of hydrogen-bond acceptors (Lipinski definition) is 21. The summed E-state index contributed by atoms with van der Waals surface area (Å²) in [7, 11) is 0. The second-order valence-corrected chi connectivity index (χ2v) is 15.6. The summed E-state index contributed by atoms with van der Waals surface area (Å²) in [6.45, 7) is 12.8. The van der Waals surface area contributed by atoms with Gasteiger partial charge in [-0.05, 0) is 88.6 Å². The highest BCUT2D eigenvalue weighted by Gasteiger charge is 2.25. The van der Waals surface area contributed by atoms with E-state index in [0.29, 0.717) is 11.4 Å². The number of nitrogen functional groups attached to an aromatic ring is 2. The molecule has 0 aliphatic heterocycles. The van der Waals surface area contributed by atoms with E-state index in [2.05, 4.69) is 76.8 Å². The van der Waals surface area contributed by atoms with Gasteiger partial charge in [0.05, 0.1) is 58.3 Å². The summed E-state index contributed by atoms with van der Waals surface area (Å²) >= 11 is 0. The Morgan fingerprint density at radius 3 is 1.72 bits per heavy atom. The molecule has 0 saturated heterocycles. The largest absolute Gasteiger partial charge is 0.481 e. The molecule has 0 radical (unpaired) electrons. The molecule has 2 aromatic carbocycles. The highest BCUT2D eigenvalue weighted by Crippen LogP contribution is 2.39. The summed E-state index contributed by atoms with van der Waals surface area (Å²) < 4.78 is 4.73. The molecule has 0 saturated carbocycles. The third-order valence-corrected chi connectivity index (χ3v) is 10.6. The van der Waals surface area contributed by atoms with Gasteiger partial charge >= 0.3 is 29.3 Å². The first-order valence-electron chi connectivity index (χ1n) is 21.6. The number of aryl methyl sites for hydroxylation is 5. The van der Waals surface area contributed by atoms with Crippen LogP contribution in [0, 0.1) is 38.7 Å². The zero-order valence-electron chi connectivity index (χ0n) is 38.7. The van der Waals surface area contributed by atoms with Crippen LogP contribution in [-0.4, -0.2) is 109 Å². The fraction of sp³-hybridized carbons (Fsp3) is 0.186. The number of aromatic carboxylic acids is 2. The van der Waals surface area contributed by atoms with E-state index >= 15 is 0 Å². The maximum Gasteiger partial charge on any atom is 0.351 e. The van der Waals surface area contributed by atoms with Crippen molar-refractivity contribution in [2.24, 2.45) is 20.5 Å². The Morgan fingerprint density at radius 2 is 1.20 bits per heavy atom.